The van der Waals surface area contributed by atoms with Crippen molar-refractivity contribution < 1.29 is 13.7 Å². The zero-order valence-corrected chi connectivity index (χ0v) is 13.5. The SMILES string of the molecule is Cc1ccc(NC(=O)N2CCCC2c2c(C)noc2C)cc1F. The highest BCUT2D eigenvalue weighted by atomic mass is 19.1. The Hall–Kier alpha value is -2.37. The van der Waals surface area contributed by atoms with Crippen molar-refractivity contribution in [1.82, 2.24) is 10.1 Å². The molecule has 1 aromatic heterocycles. The van der Waals surface area contributed by atoms with Crippen LogP contribution in [0.3, 0.4) is 0 Å². The first-order valence-corrected chi connectivity index (χ1v) is 7.74. The molecule has 3 rings (SSSR count). The molecule has 1 unspecified atom stereocenters. The van der Waals surface area contributed by atoms with E-state index in [0.717, 1.165) is 29.9 Å². The fraction of sp³-hybridized carbons (Fsp3) is 0.412. The van der Waals surface area contributed by atoms with Crippen LogP contribution in [0.2, 0.25) is 0 Å². The van der Waals surface area contributed by atoms with Crippen LogP contribution in [0.4, 0.5) is 14.9 Å². The third-order valence-corrected chi connectivity index (χ3v) is 4.36. The van der Waals surface area contributed by atoms with Crippen molar-refractivity contribution in [2.24, 2.45) is 0 Å². The molecule has 122 valence electrons. The highest BCUT2D eigenvalue weighted by Gasteiger charge is 2.33. The lowest BCUT2D eigenvalue weighted by atomic mass is 10.0. The Bertz CT molecular complexity index is 722. The largest absolute Gasteiger partial charge is 0.361 e. The molecule has 2 heterocycles. The van der Waals surface area contributed by atoms with Gasteiger partial charge in [-0.1, -0.05) is 11.2 Å². The summed E-state index contributed by atoms with van der Waals surface area (Å²) < 4.78 is 18.9. The Morgan fingerprint density at radius 2 is 2.17 bits per heavy atom. The van der Waals surface area contributed by atoms with Gasteiger partial charge in [0, 0.05) is 17.8 Å². The van der Waals surface area contributed by atoms with E-state index < -0.39 is 0 Å². The Kier molecular flexibility index (Phi) is 4.07. The lowest BCUT2D eigenvalue weighted by molar-refractivity contribution is 0.206. The number of halogens is 1. The Morgan fingerprint density at radius 3 is 2.83 bits per heavy atom. The summed E-state index contributed by atoms with van der Waals surface area (Å²) in [4.78, 5) is 14.3. The van der Waals surface area contributed by atoms with Gasteiger partial charge in [0.1, 0.15) is 11.6 Å². The van der Waals surface area contributed by atoms with Gasteiger partial charge in [0.2, 0.25) is 0 Å². The second kappa shape index (κ2) is 6.02. The number of hydrogen-bond acceptors (Lipinski definition) is 3. The number of aryl methyl sites for hydroxylation is 3. The van der Waals surface area contributed by atoms with Crippen LogP contribution in [-0.4, -0.2) is 22.6 Å². The Balaban J connectivity index is 1.79. The zero-order valence-electron chi connectivity index (χ0n) is 13.5. The first kappa shape index (κ1) is 15.5. The van der Waals surface area contributed by atoms with Gasteiger partial charge in [-0.3, -0.25) is 0 Å². The van der Waals surface area contributed by atoms with Crippen LogP contribution in [0, 0.1) is 26.6 Å². The van der Waals surface area contributed by atoms with Crippen molar-refractivity contribution in [3.8, 4) is 0 Å². The van der Waals surface area contributed by atoms with Crippen molar-refractivity contribution in [2.45, 2.75) is 39.7 Å². The molecule has 6 heteroatoms. The number of hydrogen-bond donors (Lipinski definition) is 1. The predicted molar refractivity (Wildman–Crippen MR) is 84.8 cm³/mol. The zero-order chi connectivity index (χ0) is 16.6. The van der Waals surface area contributed by atoms with Gasteiger partial charge >= 0.3 is 6.03 Å². The highest BCUT2D eigenvalue weighted by Crippen LogP contribution is 2.35. The van der Waals surface area contributed by atoms with Crippen molar-refractivity contribution in [2.75, 3.05) is 11.9 Å². The van der Waals surface area contributed by atoms with Crippen LogP contribution in [0.5, 0.6) is 0 Å². The fourth-order valence-electron chi connectivity index (χ4n) is 3.14. The molecule has 1 aliphatic heterocycles. The van der Waals surface area contributed by atoms with Gasteiger partial charge in [-0.15, -0.1) is 0 Å². The summed E-state index contributed by atoms with van der Waals surface area (Å²) in [7, 11) is 0. The number of carbonyl (C=O) groups excluding carboxylic acids is 1. The van der Waals surface area contributed by atoms with Gasteiger partial charge in [-0.05, 0) is 51.3 Å². The number of rotatable bonds is 2. The summed E-state index contributed by atoms with van der Waals surface area (Å²) >= 11 is 0. The van der Waals surface area contributed by atoms with Crippen LogP contribution in [0.15, 0.2) is 22.7 Å². The van der Waals surface area contributed by atoms with Crippen LogP contribution in [0.25, 0.3) is 0 Å². The van der Waals surface area contributed by atoms with Gasteiger partial charge in [0.15, 0.2) is 0 Å². The van der Waals surface area contributed by atoms with Gasteiger partial charge in [-0.25, -0.2) is 9.18 Å². The lowest BCUT2D eigenvalue weighted by Gasteiger charge is -2.25. The van der Waals surface area contributed by atoms with E-state index in [9.17, 15) is 9.18 Å². The minimum atomic E-state index is -0.327. The molecular formula is C17H20FN3O2. The summed E-state index contributed by atoms with van der Waals surface area (Å²) in [5.41, 5.74) is 2.81. The molecule has 1 aliphatic rings. The molecule has 0 radical (unpaired) electrons. The monoisotopic (exact) mass is 317 g/mol. The maximum Gasteiger partial charge on any atom is 0.322 e. The van der Waals surface area contributed by atoms with E-state index in [1.807, 2.05) is 13.8 Å². The number of amides is 2. The highest BCUT2D eigenvalue weighted by molar-refractivity contribution is 5.89. The minimum Gasteiger partial charge on any atom is -0.361 e. The molecular weight excluding hydrogens is 297 g/mol. The van der Waals surface area contributed by atoms with E-state index in [1.54, 1.807) is 24.0 Å². The standard InChI is InChI=1S/C17H20FN3O2/c1-10-6-7-13(9-14(10)18)19-17(22)21-8-4-5-15(21)16-11(2)20-23-12(16)3/h6-7,9,15H,4-5,8H2,1-3H3,(H,19,22). The average molecular weight is 317 g/mol. The lowest BCUT2D eigenvalue weighted by Crippen LogP contribution is -2.34. The number of anilines is 1. The second-order valence-corrected chi connectivity index (χ2v) is 5.98. The molecule has 0 aliphatic carbocycles. The van der Waals surface area contributed by atoms with Crippen LogP contribution >= 0.6 is 0 Å². The summed E-state index contributed by atoms with van der Waals surface area (Å²) in [6, 6.07) is 4.43. The van der Waals surface area contributed by atoms with Crippen molar-refractivity contribution in [3.63, 3.8) is 0 Å². The summed E-state index contributed by atoms with van der Waals surface area (Å²) in [5.74, 6) is 0.417. The molecule has 23 heavy (non-hydrogen) atoms. The number of likely N-dealkylation sites (tertiary alicyclic amines) is 1. The maximum atomic E-state index is 13.6. The fourth-order valence-corrected chi connectivity index (χ4v) is 3.14. The van der Waals surface area contributed by atoms with E-state index in [0.29, 0.717) is 17.8 Å². The molecule has 1 aromatic carbocycles. The van der Waals surface area contributed by atoms with Crippen LogP contribution < -0.4 is 5.32 Å². The van der Waals surface area contributed by atoms with Crippen molar-refractivity contribution in [1.29, 1.82) is 0 Å². The predicted octanol–water partition coefficient (Wildman–Crippen LogP) is 4.11. The van der Waals surface area contributed by atoms with Crippen LogP contribution in [0.1, 0.15) is 41.5 Å². The molecule has 2 aromatic rings. The quantitative estimate of drug-likeness (QED) is 0.907. The molecule has 1 atom stereocenters. The van der Waals surface area contributed by atoms with Crippen molar-refractivity contribution in [3.05, 3.63) is 46.6 Å². The molecule has 5 nitrogen and oxygen atoms in total. The first-order chi connectivity index (χ1) is 11.0. The summed E-state index contributed by atoms with van der Waals surface area (Å²) in [5, 5.41) is 6.76. The second-order valence-electron chi connectivity index (χ2n) is 5.98. The molecule has 1 N–H and O–H groups in total. The van der Waals surface area contributed by atoms with E-state index in [1.165, 1.54) is 6.07 Å². The third kappa shape index (κ3) is 2.93. The van der Waals surface area contributed by atoms with Crippen LogP contribution in [-0.2, 0) is 0 Å². The van der Waals surface area contributed by atoms with Gasteiger partial charge in [0.05, 0.1) is 11.7 Å². The number of aromatic nitrogens is 1. The smallest absolute Gasteiger partial charge is 0.322 e. The number of carbonyl (C=O) groups is 1. The normalized spacial score (nSPS) is 17.6. The minimum absolute atomic E-state index is 0.0449. The maximum absolute atomic E-state index is 13.6. The molecule has 1 saturated heterocycles. The molecule has 0 spiro atoms. The van der Waals surface area contributed by atoms with Gasteiger partial charge in [-0.2, -0.15) is 0 Å². The van der Waals surface area contributed by atoms with Crippen molar-refractivity contribution >= 4 is 11.7 Å². The Morgan fingerprint density at radius 1 is 1.39 bits per heavy atom. The summed E-state index contributed by atoms with van der Waals surface area (Å²) in [6.07, 6.45) is 1.79. The molecule has 2 amide bonds. The number of urea groups is 1. The van der Waals surface area contributed by atoms with Gasteiger partial charge < -0.3 is 14.7 Å². The van der Waals surface area contributed by atoms with E-state index in [2.05, 4.69) is 10.5 Å². The summed E-state index contributed by atoms with van der Waals surface area (Å²) in [6.45, 7) is 6.10. The number of nitrogens with zero attached hydrogens (tertiary/aromatic N) is 2. The van der Waals surface area contributed by atoms with Gasteiger partial charge in [0.25, 0.3) is 0 Å². The Labute approximate surface area is 134 Å². The topological polar surface area (TPSA) is 58.4 Å². The van der Waals surface area contributed by atoms with E-state index >= 15 is 0 Å². The molecule has 0 saturated carbocycles. The van der Waals surface area contributed by atoms with E-state index in [-0.39, 0.29) is 17.9 Å². The third-order valence-electron chi connectivity index (χ3n) is 4.36. The number of benzene rings is 1. The average Bonchev–Trinajstić information content (AvgIpc) is 3.09. The molecule has 0 bridgehead atoms. The van der Waals surface area contributed by atoms with E-state index in [4.69, 9.17) is 4.52 Å². The number of nitrogens with one attached hydrogen (secondary N) is 1. The first-order valence-electron chi connectivity index (χ1n) is 7.74. The molecule has 1 fully saturated rings.